The van der Waals surface area contributed by atoms with E-state index in [4.69, 9.17) is 0 Å². The molecule has 0 spiro atoms. The normalized spacial score (nSPS) is 18.1. The number of fused-ring (bicyclic) bond motifs is 1. The Morgan fingerprint density at radius 2 is 2.05 bits per heavy atom. The summed E-state index contributed by atoms with van der Waals surface area (Å²) in [5.74, 6) is 4.47. The Hall–Kier alpha value is -0.556. The Morgan fingerprint density at radius 1 is 1.18 bits per heavy atom. The van der Waals surface area contributed by atoms with Crippen LogP contribution in [0.15, 0.2) is 64.3 Å². The smallest absolute Gasteiger partial charge is 1.00 e. The van der Waals surface area contributed by atoms with Gasteiger partial charge in [0, 0.05) is 0 Å². The van der Waals surface area contributed by atoms with Crippen LogP contribution in [0.5, 0.6) is 0 Å². The van der Waals surface area contributed by atoms with Crippen molar-refractivity contribution in [2.24, 2.45) is 0 Å². The summed E-state index contributed by atoms with van der Waals surface area (Å²) >= 11 is -0.152. The minimum atomic E-state index is -0.152. The molecular weight excluding hydrogens is 368 g/mol. The first-order valence-corrected chi connectivity index (χ1v) is 9.54. The van der Waals surface area contributed by atoms with E-state index < -0.39 is 0 Å². The van der Waals surface area contributed by atoms with Crippen molar-refractivity contribution in [2.45, 2.75) is 10.6 Å². The molecule has 2 aliphatic rings. The van der Waals surface area contributed by atoms with Crippen LogP contribution in [0.2, 0.25) is 0 Å². The van der Waals surface area contributed by atoms with E-state index in [-0.39, 0.29) is 44.0 Å². The minimum Gasteiger partial charge on any atom is -1.00 e. The van der Waals surface area contributed by atoms with Gasteiger partial charge in [0.2, 0.25) is 0 Å². The van der Waals surface area contributed by atoms with Gasteiger partial charge in [-0.25, -0.2) is 0 Å². The van der Waals surface area contributed by atoms with Crippen molar-refractivity contribution >= 4 is 20.0 Å². The van der Waals surface area contributed by atoms with E-state index in [0.29, 0.717) is 4.22 Å². The molecule has 0 saturated carbocycles. The van der Waals surface area contributed by atoms with Gasteiger partial charge in [0.15, 0.2) is 0 Å². The summed E-state index contributed by atoms with van der Waals surface area (Å²) in [6.07, 6.45) is 12.6. The number of allylic oxidation sites excluding steroid dienone is 5. The molecule has 4 rings (SSSR count). The van der Waals surface area contributed by atoms with Gasteiger partial charge in [-0.2, -0.15) is 0 Å². The van der Waals surface area contributed by atoms with Crippen molar-refractivity contribution in [3.05, 3.63) is 75.4 Å². The summed E-state index contributed by atoms with van der Waals surface area (Å²) in [4.78, 5) is 0. The van der Waals surface area contributed by atoms with Crippen LogP contribution >= 0.6 is 8.19 Å². The zero-order chi connectivity index (χ0) is 13.4. The fourth-order valence-corrected chi connectivity index (χ4v) is 5.98. The molecule has 0 fully saturated rings. The van der Waals surface area contributed by atoms with E-state index in [1.165, 1.54) is 31.4 Å². The monoisotopic (exact) mass is 381 g/mol. The molecule has 5 heteroatoms. The Bertz CT molecular complexity index is 735. The van der Waals surface area contributed by atoms with Crippen LogP contribution in [0.25, 0.3) is 11.8 Å². The van der Waals surface area contributed by atoms with Crippen LogP contribution in [0.4, 0.5) is 0 Å². The first-order chi connectivity index (χ1) is 9.92. The van der Waals surface area contributed by atoms with Crippen molar-refractivity contribution in [1.29, 1.82) is 0 Å². The number of benzene rings is 1. The fraction of sp³-hybridized carbons (Fsp3) is 0.118. The van der Waals surface area contributed by atoms with Gasteiger partial charge in [0.25, 0.3) is 0 Å². The largest absolute Gasteiger partial charge is 1.00 e. The van der Waals surface area contributed by atoms with E-state index in [1.807, 2.05) is 0 Å². The van der Waals surface area contributed by atoms with Gasteiger partial charge < -0.3 is 24.8 Å². The van der Waals surface area contributed by atoms with E-state index >= 15 is 0 Å². The van der Waals surface area contributed by atoms with Crippen molar-refractivity contribution in [3.63, 3.8) is 0 Å². The van der Waals surface area contributed by atoms with Gasteiger partial charge >= 0.3 is 130 Å². The van der Waals surface area contributed by atoms with Crippen LogP contribution in [-0.4, -0.2) is 4.57 Å². The molecule has 2 aromatic rings. The molecule has 0 bridgehead atoms. The average molecular weight is 382 g/mol. The third-order valence-electron chi connectivity index (χ3n) is 3.81. The Labute approximate surface area is 154 Å². The van der Waals surface area contributed by atoms with Crippen molar-refractivity contribution in [3.8, 4) is 0 Å². The number of rotatable bonds is 3. The summed E-state index contributed by atoms with van der Waals surface area (Å²) in [5.41, 5.74) is 4.41. The molecule has 110 valence electrons. The number of hydrogen-bond donors (Lipinski definition) is 0. The number of nitrogens with zero attached hydrogens (tertiary/aromatic N) is 1. The van der Waals surface area contributed by atoms with Crippen molar-refractivity contribution in [2.75, 3.05) is 0 Å². The molecule has 0 N–H and O–H groups in total. The topological polar surface area (TPSA) is 4.93 Å². The third kappa shape index (κ3) is 3.35. The maximum absolute atomic E-state index is 2.38. The SMILES string of the molecule is C1=CC[C]([Ti+2][CH]2C(n3ccpc3)=Cc3ccccc32)=C1.[Cl-].[Cl-]. The Kier molecular flexibility index (Phi) is 6.32. The molecule has 0 aliphatic heterocycles. The maximum atomic E-state index is 2.38. The molecule has 1 aromatic heterocycles. The van der Waals surface area contributed by atoms with Crippen LogP contribution in [0.3, 0.4) is 0 Å². The van der Waals surface area contributed by atoms with Gasteiger partial charge in [-0.15, -0.1) is 0 Å². The van der Waals surface area contributed by atoms with E-state index in [2.05, 4.69) is 71.1 Å². The molecule has 1 unspecified atom stereocenters. The van der Waals surface area contributed by atoms with Crippen LogP contribution < -0.4 is 24.8 Å². The molecule has 1 nitrogen and oxygen atoms in total. The molecule has 2 aliphatic carbocycles. The summed E-state index contributed by atoms with van der Waals surface area (Å²) in [6.45, 7) is 0. The summed E-state index contributed by atoms with van der Waals surface area (Å²) in [7, 11) is 1.29. The fourth-order valence-electron chi connectivity index (χ4n) is 2.83. The first kappa shape index (κ1) is 17.8. The van der Waals surface area contributed by atoms with E-state index in [1.54, 1.807) is 3.88 Å². The average Bonchev–Trinajstić information content (AvgIpc) is 3.19. The molecule has 0 saturated heterocycles. The van der Waals surface area contributed by atoms with Gasteiger partial charge in [-0.3, -0.25) is 0 Å². The van der Waals surface area contributed by atoms with Crippen LogP contribution in [0, 0.1) is 0 Å². The molecule has 1 heterocycles. The molecular formula is C17H14Cl2NPTi. The second kappa shape index (κ2) is 7.82. The van der Waals surface area contributed by atoms with E-state index in [9.17, 15) is 0 Å². The molecule has 1 aromatic carbocycles. The summed E-state index contributed by atoms with van der Waals surface area (Å²) in [6, 6.07) is 8.89. The number of aromatic nitrogens is 1. The molecule has 0 radical (unpaired) electrons. The standard InChI is InChI=1S/C12H9NP.C5H5.2ClH.Ti/c1-2-4-11-8-12(7-10(11)3-1)13-5-6-14-9-13;1-2-4-5-3-1;;;/h1-9H;1-3H,4H2;2*1H;/q;;;;+2/p-2. The summed E-state index contributed by atoms with van der Waals surface area (Å²) < 4.78 is 4.61. The van der Waals surface area contributed by atoms with Gasteiger partial charge in [-0.1, -0.05) is 0 Å². The Balaban J connectivity index is 0.000000882. The predicted octanol–water partition coefficient (Wildman–Crippen LogP) is -0.945. The van der Waals surface area contributed by atoms with Crippen molar-refractivity contribution < 1.29 is 44.0 Å². The first-order valence-electron chi connectivity index (χ1n) is 6.83. The predicted molar refractivity (Wildman–Crippen MR) is 82.1 cm³/mol. The van der Waals surface area contributed by atoms with Gasteiger partial charge in [0.1, 0.15) is 0 Å². The van der Waals surface area contributed by atoms with Crippen LogP contribution in [-0.2, 0) is 19.2 Å². The van der Waals surface area contributed by atoms with Crippen LogP contribution in [0.1, 0.15) is 21.8 Å². The Morgan fingerprint density at radius 3 is 2.77 bits per heavy atom. The second-order valence-electron chi connectivity index (χ2n) is 5.07. The number of hydrogen-bond acceptors (Lipinski definition) is 0. The second-order valence-corrected chi connectivity index (χ2v) is 8.25. The zero-order valence-corrected chi connectivity index (χ0v) is 15.8. The zero-order valence-electron chi connectivity index (χ0n) is 11.8. The molecule has 0 amide bonds. The maximum Gasteiger partial charge on any atom is -1.00 e. The molecule has 22 heavy (non-hydrogen) atoms. The van der Waals surface area contributed by atoms with Crippen molar-refractivity contribution in [1.82, 2.24) is 4.57 Å². The van der Waals surface area contributed by atoms with Gasteiger partial charge in [-0.05, 0) is 0 Å². The molecule has 1 atom stereocenters. The quantitative estimate of drug-likeness (QED) is 0.604. The number of halogens is 2. The minimum absolute atomic E-state index is 0. The van der Waals surface area contributed by atoms with Gasteiger partial charge in [0.05, 0.1) is 0 Å². The summed E-state index contributed by atoms with van der Waals surface area (Å²) in [5, 5.41) is 0. The van der Waals surface area contributed by atoms with E-state index in [0.717, 1.165) is 0 Å². The third-order valence-corrected chi connectivity index (χ3v) is 7.05.